The molecule has 0 bridgehead atoms. The molecule has 0 aliphatic heterocycles. The molecule has 0 amide bonds. The minimum Gasteiger partial charge on any atom is -0.412 e. The zero-order valence-corrected chi connectivity index (χ0v) is 16.0. The first kappa shape index (κ1) is 17.0. The summed E-state index contributed by atoms with van der Waals surface area (Å²) in [4.78, 5) is 16.5. The van der Waals surface area contributed by atoms with Crippen LogP contribution in [-0.2, 0) is 4.74 Å². The fraction of sp³-hybridized carbons (Fsp3) is 0.462. The van der Waals surface area contributed by atoms with E-state index < -0.39 is 0 Å². The molecule has 2 N–H and O–H groups in total. The molecule has 7 heteroatoms. The van der Waals surface area contributed by atoms with Gasteiger partial charge in [-0.3, -0.25) is 0 Å². The number of fused-ring (bicyclic) bond motifs is 1. The molecule has 0 aromatic carbocycles. The Morgan fingerprint density at radius 1 is 1.50 bits per heavy atom. The fourth-order valence-electron chi connectivity index (χ4n) is 1.91. The number of aromatic nitrogens is 3. The second kappa shape index (κ2) is 7.08. The number of esters is 1. The van der Waals surface area contributed by atoms with E-state index in [0.29, 0.717) is 21.5 Å². The van der Waals surface area contributed by atoms with E-state index in [1.807, 2.05) is 6.92 Å². The van der Waals surface area contributed by atoms with Crippen molar-refractivity contribution in [3.63, 3.8) is 0 Å². The smallest absolute Gasteiger partial charge is 0.412 e. The number of nitrogens with zero attached hydrogens (tertiary/aromatic N) is 3. The number of aryl methyl sites for hydroxylation is 1. The summed E-state index contributed by atoms with van der Waals surface area (Å²) in [5.74, 6) is -0.356. The first-order valence-corrected chi connectivity index (χ1v) is 8.77. The topological polar surface area (TPSA) is 88.0 Å². The molecular formula is C13H19InN3O3. The second-order valence-corrected chi connectivity index (χ2v) is 7.25. The summed E-state index contributed by atoms with van der Waals surface area (Å²) in [5.41, 5.74) is 3.11. The van der Waals surface area contributed by atoms with Gasteiger partial charge in [-0.05, 0) is 0 Å². The second-order valence-electron chi connectivity index (χ2n) is 4.44. The Bertz CT molecular complexity index is 612. The van der Waals surface area contributed by atoms with Gasteiger partial charge in [0.2, 0.25) is 0 Å². The average Bonchev–Trinajstić information content (AvgIpc) is 2.82. The largest absolute Gasteiger partial charge is 0.412 e. The molecule has 0 spiro atoms. The van der Waals surface area contributed by atoms with Crippen molar-refractivity contribution in [2.45, 2.75) is 30.9 Å². The van der Waals surface area contributed by atoms with Crippen LogP contribution in [0, 0.1) is 6.92 Å². The van der Waals surface area contributed by atoms with E-state index in [-0.39, 0.29) is 11.4 Å². The fourth-order valence-corrected chi connectivity index (χ4v) is 2.51. The van der Waals surface area contributed by atoms with Crippen LogP contribution in [0.25, 0.3) is 5.65 Å². The first-order chi connectivity index (χ1) is 9.08. The van der Waals surface area contributed by atoms with Crippen LogP contribution >= 0.6 is 0 Å². The maximum Gasteiger partial charge on any atom is -0.412 e. The van der Waals surface area contributed by atoms with Crippen molar-refractivity contribution in [1.29, 1.82) is 0 Å². The number of carbonyl (C=O) groups is 1. The van der Waals surface area contributed by atoms with Crippen molar-refractivity contribution >= 4 is 36.0 Å². The minimum atomic E-state index is -0.356. The van der Waals surface area contributed by atoms with Gasteiger partial charge in [0.05, 0.1) is 0 Å². The summed E-state index contributed by atoms with van der Waals surface area (Å²) >= 11 is 0.806. The molecule has 2 aromatic rings. The summed E-state index contributed by atoms with van der Waals surface area (Å²) < 4.78 is 7.26. The van der Waals surface area contributed by atoms with E-state index in [0.717, 1.165) is 42.2 Å². The Morgan fingerprint density at radius 2 is 2.20 bits per heavy atom. The van der Waals surface area contributed by atoms with Gasteiger partial charge in [-0.25, -0.2) is 0 Å². The Morgan fingerprint density at radius 3 is 2.80 bits per heavy atom. The van der Waals surface area contributed by atoms with E-state index in [2.05, 4.69) is 23.1 Å². The third kappa shape index (κ3) is 3.15. The Balaban J connectivity index is 0.00000200. The van der Waals surface area contributed by atoms with Crippen LogP contribution in [0.15, 0.2) is 12.3 Å². The predicted molar refractivity (Wildman–Crippen MR) is 77.5 cm³/mol. The number of carbonyl (C=O) groups excluding carboxylic acids is 1. The molecular weight excluding hydrogens is 361 g/mol. The van der Waals surface area contributed by atoms with Gasteiger partial charge in [0.25, 0.3) is 0 Å². The van der Waals surface area contributed by atoms with Crippen LogP contribution < -0.4 is 0 Å². The normalized spacial score (nSPS) is 11.9. The van der Waals surface area contributed by atoms with Crippen molar-refractivity contribution in [2.75, 3.05) is 6.61 Å². The number of hydrogen-bond donors (Lipinski definition) is 0. The van der Waals surface area contributed by atoms with Crippen LogP contribution in [-0.4, -0.2) is 57.0 Å². The molecule has 0 saturated heterocycles. The van der Waals surface area contributed by atoms with Gasteiger partial charge < -0.3 is 5.48 Å². The van der Waals surface area contributed by atoms with E-state index in [4.69, 9.17) is 4.74 Å². The molecule has 20 heavy (non-hydrogen) atoms. The van der Waals surface area contributed by atoms with Crippen LogP contribution in [0.5, 0.6) is 0 Å². The molecule has 0 aliphatic carbocycles. The summed E-state index contributed by atoms with van der Waals surface area (Å²) in [5, 5.41) is 4.22. The third-order valence-corrected chi connectivity index (χ3v) is 5.92. The van der Waals surface area contributed by atoms with Crippen LogP contribution in [0.1, 0.15) is 45.7 Å². The standard InChI is InChI=1S/C13H16N3O2.In.H2O.H/c1-4-6-10-7-9(3)16-12(15-10)11(8-14-16)13(17)18-5-2;;;/h6-8H,4-5H2,1-3H3;;1H2;. The maximum atomic E-state index is 11.9. The molecule has 1 radical (unpaired) electrons. The predicted octanol–water partition coefficient (Wildman–Crippen LogP) is 0.742. The molecule has 0 fully saturated rings. The van der Waals surface area contributed by atoms with Crippen molar-refractivity contribution in [3.8, 4) is 0 Å². The molecule has 0 saturated carbocycles. The molecule has 2 aromatic heterocycles. The van der Waals surface area contributed by atoms with E-state index in [1.54, 1.807) is 11.4 Å². The molecule has 1 unspecified atom stereocenters. The summed E-state index contributed by atoms with van der Waals surface area (Å²) in [6, 6.07) is 2.06. The first-order valence-electron chi connectivity index (χ1n) is 6.43. The average molecular weight is 380 g/mol. The van der Waals surface area contributed by atoms with E-state index >= 15 is 0 Å². The summed E-state index contributed by atoms with van der Waals surface area (Å²) in [7, 11) is 0. The van der Waals surface area contributed by atoms with Gasteiger partial charge in [-0.15, -0.1) is 0 Å². The van der Waals surface area contributed by atoms with Gasteiger partial charge >= 0.3 is 127 Å². The number of hydrogen-bond acceptors (Lipinski definition) is 4. The SMILES string of the molecule is CCOC(=O)c1cnn2c(C)cc([CH]([InH])CC)nc12.O. The maximum absolute atomic E-state index is 11.9. The summed E-state index contributed by atoms with van der Waals surface area (Å²) in [6.45, 7) is 6.29. The van der Waals surface area contributed by atoms with Crippen molar-refractivity contribution < 1.29 is 15.0 Å². The third-order valence-electron chi connectivity index (χ3n) is 3.08. The molecule has 107 valence electrons. The molecule has 1 atom stereocenters. The minimum absolute atomic E-state index is 0. The molecule has 0 aliphatic rings. The van der Waals surface area contributed by atoms with Crippen molar-refractivity contribution in [2.24, 2.45) is 0 Å². The van der Waals surface area contributed by atoms with Gasteiger partial charge in [-0.1, -0.05) is 0 Å². The summed E-state index contributed by atoms with van der Waals surface area (Å²) in [6.07, 6.45) is 2.62. The Labute approximate surface area is 132 Å². The molecule has 2 rings (SSSR count). The van der Waals surface area contributed by atoms with E-state index in [1.165, 1.54) is 6.20 Å². The van der Waals surface area contributed by atoms with Crippen molar-refractivity contribution in [3.05, 3.63) is 29.2 Å². The number of rotatable bonds is 4. The Kier molecular flexibility index (Phi) is 6.01. The monoisotopic (exact) mass is 380 g/mol. The Hall–Kier alpha value is -1.08. The van der Waals surface area contributed by atoms with Gasteiger partial charge in [-0.2, -0.15) is 0 Å². The van der Waals surface area contributed by atoms with Crippen LogP contribution in [0.3, 0.4) is 0 Å². The number of ether oxygens (including phenoxy) is 1. The quantitative estimate of drug-likeness (QED) is 0.733. The van der Waals surface area contributed by atoms with Gasteiger partial charge in [0.1, 0.15) is 0 Å². The van der Waals surface area contributed by atoms with Crippen molar-refractivity contribution in [1.82, 2.24) is 14.6 Å². The molecule has 2 heterocycles. The van der Waals surface area contributed by atoms with Gasteiger partial charge in [0, 0.05) is 0 Å². The van der Waals surface area contributed by atoms with Gasteiger partial charge in [0.15, 0.2) is 0 Å². The zero-order chi connectivity index (χ0) is 14.0. The van der Waals surface area contributed by atoms with Crippen LogP contribution in [0.4, 0.5) is 0 Å². The molecule has 6 nitrogen and oxygen atoms in total. The van der Waals surface area contributed by atoms with Crippen LogP contribution in [0.2, 0.25) is 0 Å². The van der Waals surface area contributed by atoms with E-state index in [9.17, 15) is 4.79 Å². The zero-order valence-electron chi connectivity index (χ0n) is 12.0.